The molecule has 9 N–H and O–H groups in total. The molecule has 12 unspecified atom stereocenters. The Labute approximate surface area is 541 Å². The molecule has 514 valence electrons. The number of rotatable bonds is 58. The lowest BCUT2D eigenvalue weighted by molar-refractivity contribution is -0.359. The SMILES string of the molecule is CC/C=C\C/C=C\C/C=C\C/C=C\C/C=C\CCCCCCCCCCCCCCCC(=O)NC(COC1OC(CO)C(OC2OC(CO)C(O)C(O)C2O)C(O)C1O)C(O)/C=C/CC/C=C/CC/C=C/CCCCCCCCCCCCCCCCCC. The average molecular weight is 1250 g/mol. The molecule has 14 nitrogen and oxygen atoms in total. The van der Waals surface area contributed by atoms with Crippen molar-refractivity contribution in [3.8, 4) is 0 Å². The molecule has 14 heteroatoms. The predicted molar refractivity (Wildman–Crippen MR) is 364 cm³/mol. The zero-order chi connectivity index (χ0) is 64.5. The Bertz CT molecular complexity index is 1860. The van der Waals surface area contributed by atoms with Crippen LogP contribution in [-0.4, -0.2) is 140 Å². The Balaban J connectivity index is 1.70. The smallest absolute Gasteiger partial charge is 0.220 e. The number of hydrogen-bond acceptors (Lipinski definition) is 13. The zero-order valence-corrected chi connectivity index (χ0v) is 55.9. The molecule has 2 rings (SSSR count). The summed E-state index contributed by atoms with van der Waals surface area (Å²) < 4.78 is 22.8. The largest absolute Gasteiger partial charge is 0.394 e. The molecule has 0 aromatic rings. The first-order chi connectivity index (χ1) is 43.6. The number of aliphatic hydroxyl groups is 8. The van der Waals surface area contributed by atoms with E-state index in [9.17, 15) is 45.6 Å². The van der Waals surface area contributed by atoms with Crippen LogP contribution in [0.25, 0.3) is 0 Å². The highest BCUT2D eigenvalue weighted by Gasteiger charge is 2.51. The molecule has 0 radical (unpaired) electrons. The maximum absolute atomic E-state index is 13.3. The van der Waals surface area contributed by atoms with Crippen LogP contribution in [-0.2, 0) is 23.7 Å². The molecule has 0 aliphatic carbocycles. The molecule has 89 heavy (non-hydrogen) atoms. The molecule has 0 spiro atoms. The van der Waals surface area contributed by atoms with Crippen molar-refractivity contribution in [2.45, 2.75) is 351 Å². The number of ether oxygens (including phenoxy) is 4. The number of unbranched alkanes of at least 4 members (excludes halogenated alkanes) is 31. The summed E-state index contributed by atoms with van der Waals surface area (Å²) in [6, 6.07) is -0.946. The van der Waals surface area contributed by atoms with E-state index >= 15 is 0 Å². The third-order valence-electron chi connectivity index (χ3n) is 17.0. The van der Waals surface area contributed by atoms with E-state index in [0.29, 0.717) is 12.8 Å². The summed E-state index contributed by atoms with van der Waals surface area (Å²) in [4.78, 5) is 13.3. The molecule has 0 aromatic heterocycles. The first kappa shape index (κ1) is 82.0. The van der Waals surface area contributed by atoms with Crippen LogP contribution in [0, 0.1) is 0 Å². The minimum atomic E-state index is -1.80. The van der Waals surface area contributed by atoms with Crippen molar-refractivity contribution in [1.29, 1.82) is 0 Å². The highest BCUT2D eigenvalue weighted by Crippen LogP contribution is 2.30. The van der Waals surface area contributed by atoms with Gasteiger partial charge in [0.05, 0.1) is 32.0 Å². The van der Waals surface area contributed by atoms with Crippen LogP contribution < -0.4 is 5.32 Å². The van der Waals surface area contributed by atoms with Gasteiger partial charge in [-0.15, -0.1) is 0 Å². The van der Waals surface area contributed by atoms with Crippen molar-refractivity contribution in [1.82, 2.24) is 5.32 Å². The predicted octanol–water partition coefficient (Wildman–Crippen LogP) is 15.0. The maximum atomic E-state index is 13.3. The normalized spacial score (nSPS) is 23.6. The Morgan fingerprint density at radius 1 is 0.416 bits per heavy atom. The topological polar surface area (TPSA) is 228 Å². The van der Waals surface area contributed by atoms with Crippen LogP contribution in [0.5, 0.6) is 0 Å². The standard InChI is InChI=1S/C75H131NO13/c1-3-5-7-9-11-13-15-17-19-21-23-25-27-29-31-32-33-35-37-39-41-43-45-47-49-51-53-55-57-59-67(80)76-63(62-86-74-72(85)70(83)73(66(61-78)88-74)89-75-71(84)69(82)68(81)65(60-77)87-75)64(79)58-56-54-52-50-48-46-44-42-40-38-36-34-30-28-26-24-22-20-18-16-14-12-10-8-6-4-2/h5,7,11,13,17,19,23,25,29,31,40,42,48,50,56,58,63-66,68-75,77-79,81-85H,3-4,6,8-10,12,14-16,18,20-22,24,26-28,30,32-39,41,43-47,49,51-55,57,59-62H2,1-2H3,(H,76,80)/b7-5-,13-11-,19-17-,25-23-,31-29-,42-40+,50-48+,58-56+. The fraction of sp³-hybridized carbons (Fsp3) is 0.773. The first-order valence-electron chi connectivity index (χ1n) is 36.0. The molecule has 0 aromatic carbocycles. The van der Waals surface area contributed by atoms with Gasteiger partial charge in [0.1, 0.15) is 48.8 Å². The molecule has 2 saturated heterocycles. The van der Waals surface area contributed by atoms with Crippen LogP contribution in [0.2, 0.25) is 0 Å². The minimum absolute atomic E-state index is 0.256. The van der Waals surface area contributed by atoms with Crippen molar-refractivity contribution in [3.63, 3.8) is 0 Å². The van der Waals surface area contributed by atoms with Gasteiger partial charge < -0.3 is 65.1 Å². The molecule has 1 amide bonds. The molecule has 2 aliphatic heterocycles. The first-order valence-corrected chi connectivity index (χ1v) is 36.0. The van der Waals surface area contributed by atoms with Crippen molar-refractivity contribution in [2.24, 2.45) is 0 Å². The quantitative estimate of drug-likeness (QED) is 0.0204. The summed E-state index contributed by atoms with van der Waals surface area (Å²) in [5.74, 6) is -0.256. The number of carbonyl (C=O) groups excluding carboxylic acids is 1. The lowest BCUT2D eigenvalue weighted by atomic mass is 9.97. The molecule has 0 saturated carbocycles. The monoisotopic (exact) mass is 1250 g/mol. The van der Waals surface area contributed by atoms with Gasteiger partial charge in [0, 0.05) is 6.42 Å². The zero-order valence-electron chi connectivity index (χ0n) is 55.9. The third kappa shape index (κ3) is 42.7. The molecule has 12 atom stereocenters. The number of hydrogen-bond donors (Lipinski definition) is 9. The van der Waals surface area contributed by atoms with E-state index in [1.165, 1.54) is 161 Å². The highest BCUT2D eigenvalue weighted by molar-refractivity contribution is 5.76. The summed E-state index contributed by atoms with van der Waals surface area (Å²) >= 11 is 0. The van der Waals surface area contributed by atoms with Gasteiger partial charge in [0.25, 0.3) is 0 Å². The Hall–Kier alpha value is -3.09. The number of allylic oxidation sites excluding steroid dienone is 15. The van der Waals surface area contributed by atoms with Gasteiger partial charge in [0.15, 0.2) is 12.6 Å². The summed E-state index contributed by atoms with van der Waals surface area (Å²) in [5, 5.41) is 87.5. The van der Waals surface area contributed by atoms with Gasteiger partial charge in [-0.3, -0.25) is 4.79 Å². The van der Waals surface area contributed by atoms with E-state index in [0.717, 1.165) is 83.5 Å². The second-order valence-electron chi connectivity index (χ2n) is 25.0. The van der Waals surface area contributed by atoms with E-state index in [1.807, 2.05) is 6.08 Å². The third-order valence-corrected chi connectivity index (χ3v) is 17.0. The summed E-state index contributed by atoms with van der Waals surface area (Å²) in [6.45, 7) is 2.68. The van der Waals surface area contributed by atoms with Gasteiger partial charge in [-0.05, 0) is 89.9 Å². The van der Waals surface area contributed by atoms with Crippen LogP contribution in [0.3, 0.4) is 0 Å². The molecule has 2 heterocycles. The number of amides is 1. The lowest BCUT2D eigenvalue weighted by Crippen LogP contribution is -2.65. The average Bonchev–Trinajstić information content (AvgIpc) is 2.51. The number of nitrogens with one attached hydrogen (secondary N) is 1. The summed E-state index contributed by atoms with van der Waals surface area (Å²) in [6.07, 6.45) is 66.0. The summed E-state index contributed by atoms with van der Waals surface area (Å²) in [7, 11) is 0. The van der Waals surface area contributed by atoms with Crippen LogP contribution >= 0.6 is 0 Å². The van der Waals surface area contributed by atoms with Gasteiger partial charge in [-0.1, -0.05) is 278 Å². The Kier molecular flexibility index (Phi) is 54.1. The number of aliphatic hydroxyl groups excluding tert-OH is 8. The van der Waals surface area contributed by atoms with Gasteiger partial charge in [0.2, 0.25) is 5.91 Å². The Morgan fingerprint density at radius 3 is 1.24 bits per heavy atom. The Morgan fingerprint density at radius 2 is 0.787 bits per heavy atom. The minimum Gasteiger partial charge on any atom is -0.394 e. The van der Waals surface area contributed by atoms with Gasteiger partial charge in [-0.2, -0.15) is 0 Å². The van der Waals surface area contributed by atoms with E-state index in [4.69, 9.17) is 18.9 Å². The molecule has 2 aliphatic rings. The van der Waals surface area contributed by atoms with Crippen LogP contribution in [0.1, 0.15) is 277 Å². The van der Waals surface area contributed by atoms with Crippen LogP contribution in [0.15, 0.2) is 97.2 Å². The van der Waals surface area contributed by atoms with Crippen molar-refractivity contribution >= 4 is 5.91 Å². The van der Waals surface area contributed by atoms with Gasteiger partial charge >= 0.3 is 0 Å². The molecular weight excluding hydrogens is 1120 g/mol. The van der Waals surface area contributed by atoms with Crippen molar-refractivity contribution in [2.75, 3.05) is 19.8 Å². The molecule has 2 fully saturated rings. The van der Waals surface area contributed by atoms with Crippen LogP contribution in [0.4, 0.5) is 0 Å². The van der Waals surface area contributed by atoms with E-state index in [-0.39, 0.29) is 18.9 Å². The molecular formula is C75H131NO13. The summed E-state index contributed by atoms with van der Waals surface area (Å²) in [5.41, 5.74) is 0. The maximum Gasteiger partial charge on any atom is 0.220 e. The van der Waals surface area contributed by atoms with Crippen molar-refractivity contribution < 1.29 is 64.6 Å². The fourth-order valence-electron chi connectivity index (χ4n) is 11.3. The second kappa shape index (κ2) is 58.7. The molecule has 0 bridgehead atoms. The van der Waals surface area contributed by atoms with E-state index in [2.05, 4.69) is 104 Å². The van der Waals surface area contributed by atoms with Gasteiger partial charge in [-0.25, -0.2) is 0 Å². The van der Waals surface area contributed by atoms with E-state index in [1.54, 1.807) is 6.08 Å². The second-order valence-corrected chi connectivity index (χ2v) is 25.0. The fourth-order valence-corrected chi connectivity index (χ4v) is 11.3. The van der Waals surface area contributed by atoms with Crippen molar-refractivity contribution in [3.05, 3.63) is 97.2 Å². The lowest BCUT2D eigenvalue weighted by Gasteiger charge is -2.46. The highest BCUT2D eigenvalue weighted by atomic mass is 16.7. The number of carbonyl (C=O) groups is 1. The van der Waals surface area contributed by atoms with E-state index < -0.39 is 86.8 Å².